The van der Waals surface area contributed by atoms with Crippen LogP contribution < -0.4 is 14.5 Å². The Labute approximate surface area is 247 Å². The fourth-order valence-corrected chi connectivity index (χ4v) is 5.41. The first-order valence-electron chi connectivity index (χ1n) is 12.9. The van der Waals surface area contributed by atoms with Crippen molar-refractivity contribution in [3.63, 3.8) is 0 Å². The molecule has 0 bridgehead atoms. The van der Waals surface area contributed by atoms with E-state index in [9.17, 15) is 9.59 Å². The Morgan fingerprint density at radius 3 is 1.95 bits per heavy atom. The van der Waals surface area contributed by atoms with E-state index in [1.165, 1.54) is 9.80 Å². The Kier molecular flexibility index (Phi) is 7.33. The van der Waals surface area contributed by atoms with Crippen molar-refractivity contribution < 1.29 is 14.3 Å². The number of amides is 2. The third-order valence-corrected chi connectivity index (χ3v) is 7.38. The largest absolute Gasteiger partial charge is 0.488 e. The summed E-state index contributed by atoms with van der Waals surface area (Å²) in [5, 5.41) is 2.49. The van der Waals surface area contributed by atoms with E-state index in [-0.39, 0.29) is 17.3 Å². The van der Waals surface area contributed by atoms with Crippen LogP contribution in [0.5, 0.6) is 5.75 Å². The van der Waals surface area contributed by atoms with E-state index in [0.717, 1.165) is 16.3 Å². The van der Waals surface area contributed by atoms with Crippen LogP contribution in [0.15, 0.2) is 127 Å². The third-order valence-electron chi connectivity index (χ3n) is 6.78. The molecule has 1 heterocycles. The van der Waals surface area contributed by atoms with E-state index < -0.39 is 11.8 Å². The van der Waals surface area contributed by atoms with Gasteiger partial charge in [0, 0.05) is 10.6 Å². The zero-order valence-corrected chi connectivity index (χ0v) is 23.3. The molecule has 1 aliphatic rings. The van der Waals surface area contributed by atoms with Crippen LogP contribution in [-0.2, 0) is 16.2 Å². The maximum atomic E-state index is 14.1. The lowest BCUT2D eigenvalue weighted by Crippen LogP contribution is -2.56. The topological polar surface area (TPSA) is 49.9 Å². The minimum absolute atomic E-state index is 0.0322. The van der Waals surface area contributed by atoms with Gasteiger partial charge in [-0.25, -0.2) is 0 Å². The van der Waals surface area contributed by atoms with Crippen LogP contribution in [0.4, 0.5) is 11.4 Å². The van der Waals surface area contributed by atoms with Crippen LogP contribution in [0.1, 0.15) is 11.1 Å². The van der Waals surface area contributed by atoms with Gasteiger partial charge in [0.25, 0.3) is 11.8 Å². The minimum Gasteiger partial charge on any atom is -0.488 e. The number of ether oxygens (including phenoxy) is 1. The number of anilines is 2. The molecule has 41 heavy (non-hydrogen) atoms. The number of fused-ring (bicyclic) bond motifs is 1. The highest BCUT2D eigenvalue weighted by Crippen LogP contribution is 2.34. The van der Waals surface area contributed by atoms with Crippen molar-refractivity contribution in [2.75, 3.05) is 9.80 Å². The molecule has 1 aliphatic heterocycles. The Balaban J connectivity index is 1.50. The zero-order chi connectivity index (χ0) is 28.3. The van der Waals surface area contributed by atoms with Gasteiger partial charge in [0.2, 0.25) is 0 Å². The molecule has 0 aliphatic carbocycles. The van der Waals surface area contributed by atoms with Gasteiger partial charge < -0.3 is 4.74 Å². The Hall–Kier alpha value is -4.78. The van der Waals surface area contributed by atoms with Crippen LogP contribution >= 0.6 is 23.8 Å². The van der Waals surface area contributed by atoms with Crippen molar-refractivity contribution >= 4 is 69.0 Å². The van der Waals surface area contributed by atoms with Crippen molar-refractivity contribution in [3.05, 3.63) is 143 Å². The molecule has 1 saturated heterocycles. The van der Waals surface area contributed by atoms with E-state index in [4.69, 9.17) is 28.6 Å². The Morgan fingerprint density at radius 2 is 1.32 bits per heavy atom. The van der Waals surface area contributed by atoms with E-state index >= 15 is 0 Å². The van der Waals surface area contributed by atoms with Crippen molar-refractivity contribution in [1.29, 1.82) is 0 Å². The van der Waals surface area contributed by atoms with Gasteiger partial charge >= 0.3 is 0 Å². The molecular weight excluding hydrogens is 552 g/mol. The number of hydrogen-bond donors (Lipinski definition) is 0. The summed E-state index contributed by atoms with van der Waals surface area (Å²) >= 11 is 11.9. The summed E-state index contributed by atoms with van der Waals surface area (Å²) in [4.78, 5) is 30.9. The molecule has 5 nitrogen and oxygen atoms in total. The molecule has 0 spiro atoms. The molecule has 0 aromatic heterocycles. The van der Waals surface area contributed by atoms with Gasteiger partial charge in [-0.3, -0.25) is 19.4 Å². The minimum atomic E-state index is -0.507. The maximum Gasteiger partial charge on any atom is 0.270 e. The quantitative estimate of drug-likeness (QED) is 0.118. The first-order valence-corrected chi connectivity index (χ1v) is 13.7. The summed E-state index contributed by atoms with van der Waals surface area (Å²) in [5.41, 5.74) is 2.62. The summed E-state index contributed by atoms with van der Waals surface area (Å²) in [5.74, 6) is -0.485. The average molecular weight is 575 g/mol. The lowest BCUT2D eigenvalue weighted by molar-refractivity contribution is -0.120. The average Bonchev–Trinajstić information content (AvgIpc) is 3.00. The van der Waals surface area contributed by atoms with Crippen molar-refractivity contribution in [1.82, 2.24) is 0 Å². The number of nitrogens with zero attached hydrogens (tertiary/aromatic N) is 2. The second-order valence-corrected chi connectivity index (χ2v) is 10.2. The molecule has 5 aromatic carbocycles. The van der Waals surface area contributed by atoms with Gasteiger partial charge in [-0.1, -0.05) is 90.5 Å². The molecule has 6 rings (SSSR count). The maximum absolute atomic E-state index is 14.1. The van der Waals surface area contributed by atoms with Crippen LogP contribution in [0.25, 0.3) is 16.8 Å². The fraction of sp³-hybridized carbons (Fsp3) is 0.0294. The van der Waals surface area contributed by atoms with E-state index in [1.807, 2.05) is 91.0 Å². The summed E-state index contributed by atoms with van der Waals surface area (Å²) in [7, 11) is 0. The normalized spacial score (nSPS) is 13.6. The Bertz CT molecular complexity index is 1760. The monoisotopic (exact) mass is 574 g/mol. The van der Waals surface area contributed by atoms with Crippen LogP contribution in [0.3, 0.4) is 0 Å². The number of hydrogen-bond acceptors (Lipinski definition) is 4. The fourth-order valence-electron chi connectivity index (χ4n) is 4.82. The lowest BCUT2D eigenvalue weighted by atomic mass is 9.99. The first-order chi connectivity index (χ1) is 20.0. The summed E-state index contributed by atoms with van der Waals surface area (Å²) in [6.07, 6.45) is 1.62. The van der Waals surface area contributed by atoms with Gasteiger partial charge in [0.15, 0.2) is 5.11 Å². The molecule has 2 amide bonds. The molecule has 5 aromatic rings. The number of carbonyl (C=O) groups is 2. The molecule has 1 fully saturated rings. The number of carbonyl (C=O) groups excluding carboxylic acids is 2. The molecule has 0 unspecified atom stereocenters. The smallest absolute Gasteiger partial charge is 0.270 e. The van der Waals surface area contributed by atoms with E-state index in [2.05, 4.69) is 0 Å². The van der Waals surface area contributed by atoms with Gasteiger partial charge in [0.05, 0.1) is 11.4 Å². The SMILES string of the molecule is O=C1C(=Cc2c(OCc3cccc(Cl)c3)ccc3ccccc23)C(=O)N(c2ccccc2)C(=S)N1c1ccccc1. The molecule has 0 N–H and O–H groups in total. The predicted octanol–water partition coefficient (Wildman–Crippen LogP) is 7.82. The van der Waals surface area contributed by atoms with Gasteiger partial charge in [-0.05, 0) is 77.1 Å². The highest BCUT2D eigenvalue weighted by molar-refractivity contribution is 7.81. The van der Waals surface area contributed by atoms with Crippen LogP contribution in [0.2, 0.25) is 5.02 Å². The zero-order valence-electron chi connectivity index (χ0n) is 21.7. The van der Waals surface area contributed by atoms with E-state index in [0.29, 0.717) is 27.7 Å². The number of halogens is 1. The molecule has 0 atom stereocenters. The van der Waals surface area contributed by atoms with Gasteiger partial charge in [-0.15, -0.1) is 0 Å². The third kappa shape index (κ3) is 5.23. The van der Waals surface area contributed by atoms with Crippen molar-refractivity contribution in [3.8, 4) is 5.75 Å². The van der Waals surface area contributed by atoms with Crippen molar-refractivity contribution in [2.45, 2.75) is 6.61 Å². The first kappa shape index (κ1) is 26.4. The summed E-state index contributed by atoms with van der Waals surface area (Å²) in [6, 6.07) is 37.2. The number of benzene rings is 5. The second-order valence-electron chi connectivity index (χ2n) is 9.41. The molecular formula is C34H23ClN2O3S. The number of rotatable bonds is 6. The Morgan fingerprint density at radius 1 is 0.707 bits per heavy atom. The number of thiocarbonyl (C=S) groups is 1. The lowest BCUT2D eigenvalue weighted by Gasteiger charge is -2.36. The molecule has 0 radical (unpaired) electrons. The standard InChI is InChI=1S/C34H23ClN2O3S/c35-25-12-9-10-23(20-25)22-40-31-19-18-24-11-7-8-17-28(24)29(31)21-30-32(38)36(26-13-3-1-4-14-26)34(41)37(33(30)39)27-15-5-2-6-16-27/h1-21H,22H2. The van der Waals surface area contributed by atoms with Crippen molar-refractivity contribution in [2.24, 2.45) is 0 Å². The predicted molar refractivity (Wildman–Crippen MR) is 168 cm³/mol. The van der Waals surface area contributed by atoms with Gasteiger partial charge in [0.1, 0.15) is 17.9 Å². The van der Waals surface area contributed by atoms with Crippen LogP contribution in [0, 0.1) is 0 Å². The highest BCUT2D eigenvalue weighted by atomic mass is 35.5. The molecule has 0 saturated carbocycles. The van der Waals surface area contributed by atoms with Crippen LogP contribution in [-0.4, -0.2) is 16.9 Å². The summed E-state index contributed by atoms with van der Waals surface area (Å²) in [6.45, 7) is 0.257. The van der Waals surface area contributed by atoms with Gasteiger partial charge in [-0.2, -0.15) is 0 Å². The summed E-state index contributed by atoms with van der Waals surface area (Å²) < 4.78 is 6.26. The molecule has 200 valence electrons. The highest BCUT2D eigenvalue weighted by Gasteiger charge is 2.41. The molecule has 7 heteroatoms. The number of para-hydroxylation sites is 2. The van der Waals surface area contributed by atoms with E-state index in [1.54, 1.807) is 36.4 Å². The second kappa shape index (κ2) is 11.4.